The Hall–Kier alpha value is 0.480. The predicted octanol–water partition coefficient (Wildman–Crippen LogP) is 3.60. The van der Waals surface area contributed by atoms with Crippen LogP contribution in [0.4, 0.5) is 0 Å². The van der Waals surface area contributed by atoms with E-state index < -0.39 is 0 Å². The van der Waals surface area contributed by atoms with Gasteiger partial charge < -0.3 is 0 Å². The SMILES string of the molecule is CCCCC(C)C(C)Br. The van der Waals surface area contributed by atoms with E-state index in [1.54, 1.807) is 0 Å². The third-order valence-corrected chi connectivity index (χ3v) is 2.70. The first-order valence-corrected chi connectivity index (χ1v) is 4.74. The molecular weight excluding hydrogens is 176 g/mol. The van der Waals surface area contributed by atoms with E-state index in [-0.39, 0.29) is 0 Å². The van der Waals surface area contributed by atoms with E-state index in [2.05, 4.69) is 36.7 Å². The highest BCUT2D eigenvalue weighted by Crippen LogP contribution is 2.17. The third kappa shape index (κ3) is 4.95. The van der Waals surface area contributed by atoms with Crippen LogP contribution in [0.1, 0.15) is 40.0 Å². The third-order valence-electron chi connectivity index (χ3n) is 1.80. The molecule has 0 aromatic rings. The van der Waals surface area contributed by atoms with Gasteiger partial charge in [0.25, 0.3) is 0 Å². The molecule has 2 unspecified atom stereocenters. The van der Waals surface area contributed by atoms with Crippen molar-refractivity contribution in [3.8, 4) is 0 Å². The van der Waals surface area contributed by atoms with Gasteiger partial charge in [0.05, 0.1) is 0 Å². The Morgan fingerprint density at radius 1 is 1.33 bits per heavy atom. The molecule has 0 aliphatic carbocycles. The maximum absolute atomic E-state index is 3.57. The first-order chi connectivity index (χ1) is 4.18. The van der Waals surface area contributed by atoms with Crippen molar-refractivity contribution < 1.29 is 0 Å². The van der Waals surface area contributed by atoms with Gasteiger partial charge in [-0.3, -0.25) is 0 Å². The Morgan fingerprint density at radius 3 is 2.22 bits per heavy atom. The lowest BCUT2D eigenvalue weighted by atomic mass is 10.0. The lowest BCUT2D eigenvalue weighted by Gasteiger charge is -2.12. The number of hydrogen-bond acceptors (Lipinski definition) is 0. The molecule has 0 saturated heterocycles. The van der Waals surface area contributed by atoms with E-state index in [9.17, 15) is 0 Å². The minimum absolute atomic E-state index is 0.684. The second kappa shape index (κ2) is 5.28. The summed E-state index contributed by atoms with van der Waals surface area (Å²) in [6.07, 6.45) is 4.06. The molecule has 0 N–H and O–H groups in total. The van der Waals surface area contributed by atoms with Crippen molar-refractivity contribution in [3.63, 3.8) is 0 Å². The summed E-state index contributed by atoms with van der Waals surface area (Å²) in [5.41, 5.74) is 0. The number of alkyl halides is 1. The molecule has 0 saturated carbocycles. The van der Waals surface area contributed by atoms with Crippen molar-refractivity contribution in [2.75, 3.05) is 0 Å². The fourth-order valence-electron chi connectivity index (χ4n) is 0.756. The van der Waals surface area contributed by atoms with E-state index in [1.807, 2.05) is 0 Å². The summed E-state index contributed by atoms with van der Waals surface area (Å²) in [6.45, 7) is 6.76. The molecule has 0 nitrogen and oxygen atoms in total. The normalized spacial score (nSPS) is 17.3. The molecule has 0 aliphatic rings. The Morgan fingerprint density at radius 2 is 1.89 bits per heavy atom. The van der Waals surface area contributed by atoms with Crippen molar-refractivity contribution in [1.29, 1.82) is 0 Å². The van der Waals surface area contributed by atoms with Gasteiger partial charge in [-0.05, 0) is 12.3 Å². The fraction of sp³-hybridized carbons (Fsp3) is 1.00. The largest absolute Gasteiger partial charge is 0.0891 e. The molecule has 0 heterocycles. The topological polar surface area (TPSA) is 0 Å². The maximum atomic E-state index is 3.57. The standard InChI is InChI=1S/C8H17Br/c1-4-5-6-7(2)8(3)9/h7-8H,4-6H2,1-3H3. The monoisotopic (exact) mass is 192 g/mol. The molecule has 1 heteroatoms. The van der Waals surface area contributed by atoms with E-state index in [4.69, 9.17) is 0 Å². The van der Waals surface area contributed by atoms with E-state index >= 15 is 0 Å². The van der Waals surface area contributed by atoms with E-state index in [0.717, 1.165) is 5.92 Å². The van der Waals surface area contributed by atoms with Crippen molar-refractivity contribution >= 4 is 15.9 Å². The Bertz CT molecular complexity index is 59.6. The molecule has 0 bridgehead atoms. The van der Waals surface area contributed by atoms with Crippen LogP contribution in [0.3, 0.4) is 0 Å². The van der Waals surface area contributed by atoms with Gasteiger partial charge in [-0.25, -0.2) is 0 Å². The Balaban J connectivity index is 3.16. The van der Waals surface area contributed by atoms with Crippen molar-refractivity contribution in [1.82, 2.24) is 0 Å². The van der Waals surface area contributed by atoms with Crippen LogP contribution in [0, 0.1) is 5.92 Å². The fourth-order valence-corrected chi connectivity index (χ4v) is 1.02. The maximum Gasteiger partial charge on any atom is 0.0143 e. The average molecular weight is 193 g/mol. The molecule has 2 atom stereocenters. The summed E-state index contributed by atoms with van der Waals surface area (Å²) in [5.74, 6) is 0.838. The highest BCUT2D eigenvalue weighted by molar-refractivity contribution is 9.09. The summed E-state index contributed by atoms with van der Waals surface area (Å²) in [6, 6.07) is 0. The lowest BCUT2D eigenvalue weighted by Crippen LogP contribution is -2.05. The van der Waals surface area contributed by atoms with E-state index in [1.165, 1.54) is 19.3 Å². The van der Waals surface area contributed by atoms with Gasteiger partial charge in [-0.15, -0.1) is 0 Å². The molecule has 56 valence electrons. The van der Waals surface area contributed by atoms with E-state index in [0.29, 0.717) is 4.83 Å². The van der Waals surface area contributed by atoms with Crippen LogP contribution in [-0.4, -0.2) is 4.83 Å². The van der Waals surface area contributed by atoms with Gasteiger partial charge in [-0.2, -0.15) is 0 Å². The van der Waals surface area contributed by atoms with Crippen molar-refractivity contribution in [2.45, 2.75) is 44.9 Å². The molecule has 0 aliphatic heterocycles. The average Bonchev–Trinajstić information content (AvgIpc) is 1.82. The van der Waals surface area contributed by atoms with Crippen LogP contribution in [0.5, 0.6) is 0 Å². The number of hydrogen-bond donors (Lipinski definition) is 0. The first kappa shape index (κ1) is 9.48. The second-order valence-electron chi connectivity index (χ2n) is 2.80. The van der Waals surface area contributed by atoms with Crippen molar-refractivity contribution in [2.24, 2.45) is 5.92 Å². The second-order valence-corrected chi connectivity index (χ2v) is 4.24. The summed E-state index contributed by atoms with van der Waals surface area (Å²) in [4.78, 5) is 0.684. The molecule has 9 heavy (non-hydrogen) atoms. The summed E-state index contributed by atoms with van der Waals surface area (Å²) >= 11 is 3.57. The zero-order valence-corrected chi connectivity index (χ0v) is 8.24. The van der Waals surface area contributed by atoms with Gasteiger partial charge in [-0.1, -0.05) is 49.5 Å². The summed E-state index contributed by atoms with van der Waals surface area (Å²) in [5, 5.41) is 0. The van der Waals surface area contributed by atoms with Crippen LogP contribution >= 0.6 is 15.9 Å². The zero-order valence-electron chi connectivity index (χ0n) is 6.65. The molecule has 0 fully saturated rings. The van der Waals surface area contributed by atoms with Crippen LogP contribution in [-0.2, 0) is 0 Å². The van der Waals surface area contributed by atoms with Gasteiger partial charge in [0.1, 0.15) is 0 Å². The Labute approximate surface area is 67.2 Å². The number of halogens is 1. The van der Waals surface area contributed by atoms with Gasteiger partial charge in [0, 0.05) is 4.83 Å². The van der Waals surface area contributed by atoms with Gasteiger partial charge >= 0.3 is 0 Å². The first-order valence-electron chi connectivity index (χ1n) is 3.82. The molecule has 0 spiro atoms. The quantitative estimate of drug-likeness (QED) is 0.598. The highest BCUT2D eigenvalue weighted by atomic mass is 79.9. The van der Waals surface area contributed by atoms with Crippen LogP contribution < -0.4 is 0 Å². The molecule has 0 aromatic carbocycles. The summed E-state index contributed by atoms with van der Waals surface area (Å²) < 4.78 is 0. The van der Waals surface area contributed by atoms with Crippen LogP contribution in [0.25, 0.3) is 0 Å². The predicted molar refractivity (Wildman–Crippen MR) is 47.1 cm³/mol. The Kier molecular flexibility index (Phi) is 5.56. The minimum atomic E-state index is 0.684. The number of unbranched alkanes of at least 4 members (excludes halogenated alkanes) is 1. The highest BCUT2D eigenvalue weighted by Gasteiger charge is 2.06. The molecule has 0 aromatic heterocycles. The molecule has 0 rings (SSSR count). The smallest absolute Gasteiger partial charge is 0.0143 e. The molecule has 0 radical (unpaired) electrons. The number of rotatable bonds is 4. The van der Waals surface area contributed by atoms with Gasteiger partial charge in [0.15, 0.2) is 0 Å². The van der Waals surface area contributed by atoms with Crippen LogP contribution in [0.2, 0.25) is 0 Å². The zero-order chi connectivity index (χ0) is 7.28. The molecular formula is C8H17Br. The molecule has 0 amide bonds. The van der Waals surface area contributed by atoms with Crippen molar-refractivity contribution in [3.05, 3.63) is 0 Å². The lowest BCUT2D eigenvalue weighted by molar-refractivity contribution is 0.507. The minimum Gasteiger partial charge on any atom is -0.0891 e. The van der Waals surface area contributed by atoms with Gasteiger partial charge in [0.2, 0.25) is 0 Å². The summed E-state index contributed by atoms with van der Waals surface area (Å²) in [7, 11) is 0. The van der Waals surface area contributed by atoms with Crippen LogP contribution in [0.15, 0.2) is 0 Å².